The van der Waals surface area contributed by atoms with Gasteiger partial charge < -0.3 is 79.2 Å². The second-order valence-corrected chi connectivity index (χ2v) is 2.30. The standard InChI is InChI=1S/4C2H2O4.Ba.Ca.Ti/c4*3-1(4)2(5)6;;;/h4*(H,3,4)(H,5,6);;;/q;;;;2*+2;+4/p-8. The predicted octanol–water partition coefficient (Wildman–Crippen LogP) is -14.8. The summed E-state index contributed by atoms with van der Waals surface area (Å²) in [5, 5.41) is 71.4. The molecule has 0 rings (SSSR count). The summed E-state index contributed by atoms with van der Waals surface area (Å²) in [6, 6.07) is 0. The Morgan fingerprint density at radius 3 is 0.370 bits per heavy atom. The third-order valence-corrected chi connectivity index (χ3v) is 0.667. The molecule has 0 aromatic carbocycles. The quantitative estimate of drug-likeness (QED) is 0.190. The van der Waals surface area contributed by atoms with Gasteiger partial charge in [0.25, 0.3) is 0 Å². The minimum Gasteiger partial charge on any atom is -0.543 e. The minimum absolute atomic E-state index is 0. The van der Waals surface area contributed by atoms with Gasteiger partial charge in [0, 0.05) is 0 Å². The third kappa shape index (κ3) is 58.7. The van der Waals surface area contributed by atoms with Crippen LogP contribution in [0.5, 0.6) is 0 Å². The summed E-state index contributed by atoms with van der Waals surface area (Å²) in [6.07, 6.45) is 0. The molecule has 0 aliphatic heterocycles. The van der Waals surface area contributed by atoms with E-state index < -0.39 is 47.8 Å². The van der Waals surface area contributed by atoms with Gasteiger partial charge in [0.1, 0.15) is 0 Å². The van der Waals surface area contributed by atoms with Gasteiger partial charge in [-0.2, -0.15) is 0 Å². The fourth-order valence-corrected chi connectivity index (χ4v) is 0. The average Bonchev–Trinajstić information content (AvgIpc) is 2.40. The first-order valence-corrected chi connectivity index (χ1v) is 4.27. The van der Waals surface area contributed by atoms with E-state index in [-0.39, 0.29) is 108 Å². The molecule has 0 N–H and O–H groups in total. The van der Waals surface area contributed by atoms with Gasteiger partial charge in [-0.3, -0.25) is 0 Å². The van der Waals surface area contributed by atoms with E-state index in [4.69, 9.17) is 79.2 Å². The zero-order chi connectivity index (χ0) is 20.6. The number of carboxylic acids is 8. The molecule has 0 bridgehead atoms. The van der Waals surface area contributed by atoms with Gasteiger partial charge in [0.2, 0.25) is 0 Å². The summed E-state index contributed by atoms with van der Waals surface area (Å²) >= 11 is 0. The van der Waals surface area contributed by atoms with Crippen molar-refractivity contribution in [1.82, 2.24) is 0 Å². The average molecular weight is 577 g/mol. The third-order valence-electron chi connectivity index (χ3n) is 0.667. The number of carbonyl (C=O) groups excluding carboxylic acids is 8. The number of rotatable bonds is 0. The van der Waals surface area contributed by atoms with E-state index >= 15 is 0 Å². The van der Waals surface area contributed by atoms with Crippen molar-refractivity contribution in [3.63, 3.8) is 0 Å². The SMILES string of the molecule is O=C([O-])C(=O)[O-].O=C([O-])C(=O)[O-].O=C([O-])C(=O)[O-].O=C([O-])C(=O)[O-].[Ba+2].[Ca+2].[Ti+4]. The predicted molar refractivity (Wildman–Crippen MR) is 51.6 cm³/mol. The molecule has 16 nitrogen and oxygen atoms in total. The molecule has 0 aromatic rings. The van der Waals surface area contributed by atoms with Gasteiger partial charge >= 0.3 is 108 Å². The van der Waals surface area contributed by atoms with Gasteiger partial charge in [-0.25, -0.2) is 0 Å². The zero-order valence-corrected chi connectivity index (χ0v) is 20.7. The second-order valence-electron chi connectivity index (χ2n) is 2.30. The molecule has 0 heterocycles. The summed E-state index contributed by atoms with van der Waals surface area (Å²) in [5.41, 5.74) is 0. The monoisotopic (exact) mass is 578 g/mol. The normalized spacial score (nSPS) is 6.52. The molecular formula is C8BaCaO16Ti. The maximum Gasteiger partial charge on any atom is 4.00 e. The van der Waals surface area contributed by atoms with Crippen LogP contribution in [0.2, 0.25) is 0 Å². The van der Waals surface area contributed by atoms with Crippen LogP contribution in [0.25, 0.3) is 0 Å². The molecule has 0 saturated carbocycles. The molecule has 27 heavy (non-hydrogen) atoms. The van der Waals surface area contributed by atoms with Crippen molar-refractivity contribution in [1.29, 1.82) is 0 Å². The van der Waals surface area contributed by atoms with Gasteiger partial charge in [-0.05, 0) is 0 Å². The van der Waals surface area contributed by atoms with Crippen molar-refractivity contribution in [3.8, 4) is 0 Å². The van der Waals surface area contributed by atoms with Crippen molar-refractivity contribution < 1.29 is 101 Å². The van der Waals surface area contributed by atoms with E-state index in [1.54, 1.807) is 0 Å². The van der Waals surface area contributed by atoms with Gasteiger partial charge in [0.15, 0.2) is 0 Å². The fourth-order valence-electron chi connectivity index (χ4n) is 0. The van der Waals surface area contributed by atoms with Gasteiger partial charge in [-0.15, -0.1) is 0 Å². The first kappa shape index (κ1) is 45.2. The molecule has 0 aliphatic carbocycles. The maximum atomic E-state index is 8.93. The van der Waals surface area contributed by atoms with Crippen LogP contribution in [-0.4, -0.2) is 134 Å². The molecule has 0 radical (unpaired) electrons. The maximum absolute atomic E-state index is 8.93. The van der Waals surface area contributed by atoms with E-state index in [1.165, 1.54) is 0 Å². The van der Waals surface area contributed by atoms with E-state index in [1.807, 2.05) is 0 Å². The van der Waals surface area contributed by atoms with Crippen molar-refractivity contribution in [2.45, 2.75) is 0 Å². The molecule has 0 atom stereocenters. The van der Waals surface area contributed by atoms with Crippen molar-refractivity contribution >= 4 is 134 Å². The molecule has 0 fully saturated rings. The van der Waals surface area contributed by atoms with Crippen molar-refractivity contribution in [2.24, 2.45) is 0 Å². The zero-order valence-electron chi connectivity index (χ0n) is 12.4. The molecule has 0 amide bonds. The van der Waals surface area contributed by atoms with Gasteiger partial charge in [0.05, 0.1) is 47.8 Å². The minimum atomic E-state index is -2.19. The van der Waals surface area contributed by atoms with Crippen LogP contribution in [-0.2, 0) is 60.1 Å². The van der Waals surface area contributed by atoms with Crippen molar-refractivity contribution in [2.75, 3.05) is 0 Å². The number of carboxylic acid groups (broad SMARTS) is 8. The van der Waals surface area contributed by atoms with E-state index in [2.05, 4.69) is 0 Å². The second kappa shape index (κ2) is 27.5. The van der Waals surface area contributed by atoms with Gasteiger partial charge in [-0.1, -0.05) is 0 Å². The summed E-state index contributed by atoms with van der Waals surface area (Å²) in [5.74, 6) is -17.5. The molecule has 0 aromatic heterocycles. The van der Waals surface area contributed by atoms with Crippen LogP contribution in [0.15, 0.2) is 0 Å². The molecule has 0 aliphatic rings. The summed E-state index contributed by atoms with van der Waals surface area (Å²) in [6.45, 7) is 0. The van der Waals surface area contributed by atoms with E-state index in [0.29, 0.717) is 0 Å². The molecule has 0 unspecified atom stereocenters. The smallest absolute Gasteiger partial charge is 0.543 e. The Labute approximate surface area is 232 Å². The molecular weight excluding hydrogens is 577 g/mol. The number of hydrogen-bond donors (Lipinski definition) is 0. The Bertz CT molecular complexity index is 401. The molecule has 19 heteroatoms. The Kier molecular flexibility index (Phi) is 46.1. The van der Waals surface area contributed by atoms with Crippen LogP contribution < -0.4 is 40.9 Å². The number of hydrogen-bond acceptors (Lipinski definition) is 16. The van der Waals surface area contributed by atoms with Crippen LogP contribution >= 0.6 is 0 Å². The molecule has 0 spiro atoms. The molecule has 136 valence electrons. The van der Waals surface area contributed by atoms with Crippen LogP contribution in [0.4, 0.5) is 0 Å². The largest absolute Gasteiger partial charge is 4.00 e. The van der Waals surface area contributed by atoms with Crippen molar-refractivity contribution in [3.05, 3.63) is 0 Å². The Hall–Kier alpha value is -0.695. The van der Waals surface area contributed by atoms with Crippen LogP contribution in [0.3, 0.4) is 0 Å². The Morgan fingerprint density at radius 1 is 0.333 bits per heavy atom. The van der Waals surface area contributed by atoms with Crippen LogP contribution in [0.1, 0.15) is 0 Å². The number of aliphatic carboxylic acids is 8. The summed E-state index contributed by atoms with van der Waals surface area (Å²) in [4.78, 5) is 71.4. The fraction of sp³-hybridized carbons (Fsp3) is 0. The van der Waals surface area contributed by atoms with E-state index in [9.17, 15) is 0 Å². The Morgan fingerprint density at radius 2 is 0.370 bits per heavy atom. The van der Waals surface area contributed by atoms with Crippen LogP contribution in [0, 0.1) is 0 Å². The summed E-state index contributed by atoms with van der Waals surface area (Å²) < 4.78 is 0. The summed E-state index contributed by atoms with van der Waals surface area (Å²) in [7, 11) is 0. The first-order valence-electron chi connectivity index (χ1n) is 4.27. The van der Waals surface area contributed by atoms with E-state index in [0.717, 1.165) is 0 Å². The number of carbonyl (C=O) groups is 8. The topological polar surface area (TPSA) is 321 Å². The Balaban J connectivity index is -0.0000000381. The molecule has 0 saturated heterocycles. The first-order chi connectivity index (χ1) is 10.6.